The average molecular weight is 401 g/mol. The van der Waals surface area contributed by atoms with Gasteiger partial charge in [0, 0.05) is 5.02 Å². The molecule has 0 radical (unpaired) electrons. The van der Waals surface area contributed by atoms with Crippen LogP contribution in [0.15, 0.2) is 36.4 Å². The van der Waals surface area contributed by atoms with E-state index in [9.17, 15) is 9.59 Å². The highest BCUT2D eigenvalue weighted by Crippen LogP contribution is 2.33. The van der Waals surface area contributed by atoms with Crippen LogP contribution in [0.3, 0.4) is 0 Å². The normalized spacial score (nSPS) is 11.7. The number of amides is 1. The lowest BCUT2D eigenvalue weighted by Crippen LogP contribution is -2.30. The van der Waals surface area contributed by atoms with Gasteiger partial charge in [0.05, 0.1) is 22.2 Å². The maximum absolute atomic E-state index is 12.2. The zero-order valence-corrected chi connectivity index (χ0v) is 15.9. The maximum Gasteiger partial charge on any atom is 0.311 e. The molecule has 0 fully saturated rings. The quantitative estimate of drug-likeness (QED) is 0.713. The Kier molecular flexibility index (Phi) is 6.71. The van der Waals surface area contributed by atoms with Crippen LogP contribution in [0.5, 0.6) is 0 Å². The second-order valence-corrected chi connectivity index (χ2v) is 6.78. The van der Waals surface area contributed by atoms with E-state index in [1.165, 1.54) is 19.1 Å². The van der Waals surface area contributed by atoms with Crippen LogP contribution in [0.4, 0.5) is 5.69 Å². The van der Waals surface area contributed by atoms with E-state index < -0.39 is 18.0 Å². The number of rotatable bonds is 5. The fourth-order valence-electron chi connectivity index (χ4n) is 2.05. The molecule has 7 heteroatoms. The highest BCUT2D eigenvalue weighted by molar-refractivity contribution is 6.42. The van der Waals surface area contributed by atoms with E-state index in [1.807, 2.05) is 31.2 Å². The second-order valence-electron chi connectivity index (χ2n) is 5.53. The van der Waals surface area contributed by atoms with Crippen molar-refractivity contribution in [1.82, 2.24) is 0 Å². The largest absolute Gasteiger partial charge is 0.452 e. The molecule has 1 atom stereocenters. The lowest BCUT2D eigenvalue weighted by atomic mass is 10.1. The van der Waals surface area contributed by atoms with Crippen LogP contribution in [0, 0.1) is 6.92 Å². The third kappa shape index (κ3) is 5.63. The lowest BCUT2D eigenvalue weighted by molar-refractivity contribution is -0.152. The van der Waals surface area contributed by atoms with Gasteiger partial charge in [-0.3, -0.25) is 9.59 Å². The highest BCUT2D eigenvalue weighted by Gasteiger charge is 2.20. The number of ether oxygens (including phenoxy) is 1. The monoisotopic (exact) mass is 399 g/mol. The van der Waals surface area contributed by atoms with E-state index in [4.69, 9.17) is 39.5 Å². The summed E-state index contributed by atoms with van der Waals surface area (Å²) in [6.07, 6.45) is -0.916. The zero-order chi connectivity index (χ0) is 18.6. The second kappa shape index (κ2) is 8.56. The fraction of sp³-hybridized carbons (Fsp3) is 0.222. The summed E-state index contributed by atoms with van der Waals surface area (Å²) in [7, 11) is 0. The van der Waals surface area contributed by atoms with Gasteiger partial charge >= 0.3 is 5.97 Å². The van der Waals surface area contributed by atoms with Crippen molar-refractivity contribution in [3.63, 3.8) is 0 Å². The lowest BCUT2D eigenvalue weighted by Gasteiger charge is -2.15. The molecular weight excluding hydrogens is 385 g/mol. The molecule has 132 valence electrons. The predicted molar refractivity (Wildman–Crippen MR) is 101 cm³/mol. The Morgan fingerprint density at radius 2 is 1.64 bits per heavy atom. The van der Waals surface area contributed by atoms with Crippen LogP contribution in [-0.2, 0) is 20.7 Å². The van der Waals surface area contributed by atoms with Gasteiger partial charge < -0.3 is 10.1 Å². The first-order valence-electron chi connectivity index (χ1n) is 7.46. The first kappa shape index (κ1) is 19.6. The topological polar surface area (TPSA) is 55.4 Å². The summed E-state index contributed by atoms with van der Waals surface area (Å²) < 4.78 is 5.16. The molecule has 0 spiro atoms. The van der Waals surface area contributed by atoms with Gasteiger partial charge in [0.15, 0.2) is 6.10 Å². The van der Waals surface area contributed by atoms with E-state index in [0.717, 1.165) is 11.1 Å². The molecule has 0 aliphatic heterocycles. The predicted octanol–water partition coefficient (Wildman–Crippen LogP) is 5.07. The van der Waals surface area contributed by atoms with Crippen LogP contribution in [0.25, 0.3) is 0 Å². The van der Waals surface area contributed by atoms with Gasteiger partial charge in [0.1, 0.15) is 0 Å². The summed E-state index contributed by atoms with van der Waals surface area (Å²) in [5.74, 6) is -1.04. The number of hydrogen-bond acceptors (Lipinski definition) is 3. The number of esters is 1. The molecule has 0 saturated carbocycles. The molecule has 1 N–H and O–H groups in total. The summed E-state index contributed by atoms with van der Waals surface area (Å²) in [4.78, 5) is 24.2. The molecule has 0 unspecified atom stereocenters. The summed E-state index contributed by atoms with van der Waals surface area (Å²) in [6.45, 7) is 3.43. The number of benzene rings is 2. The molecule has 0 aromatic heterocycles. The summed E-state index contributed by atoms with van der Waals surface area (Å²) >= 11 is 17.9. The van der Waals surface area contributed by atoms with Crippen molar-refractivity contribution >= 4 is 52.4 Å². The van der Waals surface area contributed by atoms with Gasteiger partial charge in [0.2, 0.25) is 0 Å². The molecule has 0 saturated heterocycles. The molecule has 25 heavy (non-hydrogen) atoms. The smallest absolute Gasteiger partial charge is 0.311 e. The maximum atomic E-state index is 12.2. The van der Waals surface area contributed by atoms with Crippen molar-refractivity contribution in [2.45, 2.75) is 26.4 Å². The van der Waals surface area contributed by atoms with E-state index >= 15 is 0 Å². The number of anilines is 1. The van der Waals surface area contributed by atoms with Crippen LogP contribution in [-0.4, -0.2) is 18.0 Å². The third-order valence-electron chi connectivity index (χ3n) is 3.40. The molecule has 2 rings (SSSR count). The third-order valence-corrected chi connectivity index (χ3v) is 4.22. The number of hydrogen-bond donors (Lipinski definition) is 1. The number of carbonyl (C=O) groups is 2. The van der Waals surface area contributed by atoms with Crippen molar-refractivity contribution in [1.29, 1.82) is 0 Å². The summed E-state index contributed by atoms with van der Waals surface area (Å²) in [5, 5.41) is 3.29. The minimum Gasteiger partial charge on any atom is -0.452 e. The first-order valence-corrected chi connectivity index (χ1v) is 8.60. The molecule has 2 aromatic carbocycles. The van der Waals surface area contributed by atoms with Gasteiger partial charge in [-0.1, -0.05) is 64.6 Å². The number of carbonyl (C=O) groups excluding carboxylic acids is 2. The Balaban J connectivity index is 1.96. The van der Waals surface area contributed by atoms with Crippen LogP contribution in [0.1, 0.15) is 18.1 Å². The van der Waals surface area contributed by atoms with Crippen molar-refractivity contribution < 1.29 is 14.3 Å². The SMILES string of the molecule is Cc1ccc(CC(=O)O[C@@H](C)C(=O)Nc2c(Cl)cc(Cl)cc2Cl)cc1. The van der Waals surface area contributed by atoms with Crippen LogP contribution in [0.2, 0.25) is 15.1 Å². The van der Waals surface area contributed by atoms with Crippen molar-refractivity contribution in [3.8, 4) is 0 Å². The minimum atomic E-state index is -0.999. The number of aryl methyl sites for hydroxylation is 1. The molecule has 1 amide bonds. The molecule has 2 aromatic rings. The van der Waals surface area contributed by atoms with Crippen LogP contribution < -0.4 is 5.32 Å². The van der Waals surface area contributed by atoms with Gasteiger partial charge in [-0.05, 0) is 31.5 Å². The van der Waals surface area contributed by atoms with E-state index in [0.29, 0.717) is 5.02 Å². The Morgan fingerprint density at radius 3 is 2.20 bits per heavy atom. The average Bonchev–Trinajstić information content (AvgIpc) is 2.52. The molecule has 0 bridgehead atoms. The van der Waals surface area contributed by atoms with Crippen molar-refractivity contribution in [2.75, 3.05) is 5.32 Å². The summed E-state index contributed by atoms with van der Waals surface area (Å²) in [5.41, 5.74) is 2.13. The van der Waals surface area contributed by atoms with Crippen molar-refractivity contribution in [2.24, 2.45) is 0 Å². The van der Waals surface area contributed by atoms with Gasteiger partial charge in [-0.2, -0.15) is 0 Å². The molecule has 0 heterocycles. The Labute approximate surface area is 161 Å². The van der Waals surface area contributed by atoms with Gasteiger partial charge in [-0.15, -0.1) is 0 Å². The Bertz CT molecular complexity index is 768. The van der Waals surface area contributed by atoms with E-state index in [-0.39, 0.29) is 22.2 Å². The fourth-order valence-corrected chi connectivity index (χ4v) is 2.96. The van der Waals surface area contributed by atoms with Gasteiger partial charge in [-0.25, -0.2) is 0 Å². The van der Waals surface area contributed by atoms with Crippen molar-refractivity contribution in [3.05, 3.63) is 62.6 Å². The Morgan fingerprint density at radius 1 is 1.08 bits per heavy atom. The summed E-state index contributed by atoms with van der Waals surface area (Å²) in [6, 6.07) is 10.4. The molecule has 0 aliphatic carbocycles. The standard InChI is InChI=1S/C18H16Cl3NO3/c1-10-3-5-12(6-4-10)7-16(23)25-11(2)18(24)22-17-14(20)8-13(19)9-15(17)21/h3-6,8-9,11H,7H2,1-2H3,(H,22,24)/t11-/m0/s1. The molecule has 0 aliphatic rings. The highest BCUT2D eigenvalue weighted by atomic mass is 35.5. The Hall–Kier alpha value is -1.75. The number of halogens is 3. The first-order chi connectivity index (χ1) is 11.8. The zero-order valence-electron chi connectivity index (χ0n) is 13.6. The molecular formula is C18H16Cl3NO3. The minimum absolute atomic E-state index is 0.0837. The van der Waals surface area contributed by atoms with E-state index in [1.54, 1.807) is 0 Å². The van der Waals surface area contributed by atoms with Crippen LogP contribution >= 0.6 is 34.8 Å². The number of nitrogens with one attached hydrogen (secondary N) is 1. The van der Waals surface area contributed by atoms with E-state index in [2.05, 4.69) is 5.32 Å². The van der Waals surface area contributed by atoms with Gasteiger partial charge in [0.25, 0.3) is 5.91 Å². The molecule has 4 nitrogen and oxygen atoms in total.